The quantitative estimate of drug-likeness (QED) is 0.609. The molecule has 1 aromatic rings. The molecule has 3 nitrogen and oxygen atoms in total. The second kappa shape index (κ2) is 2.26. The number of rotatable bonds is 2. The van der Waals surface area contributed by atoms with E-state index >= 15 is 0 Å². The predicted octanol–water partition coefficient (Wildman–Crippen LogP) is 0.597. The van der Waals surface area contributed by atoms with Crippen molar-refractivity contribution >= 4 is 0 Å². The second-order valence-corrected chi connectivity index (χ2v) is 3.29. The summed E-state index contributed by atoms with van der Waals surface area (Å²) in [6.07, 6.45) is 6.26. The van der Waals surface area contributed by atoms with E-state index in [1.165, 1.54) is 12.8 Å². The minimum atomic E-state index is 0.108. The molecule has 1 aliphatic carbocycles. The lowest BCUT2D eigenvalue weighted by atomic mass is 10.4. The molecule has 0 atom stereocenters. The van der Waals surface area contributed by atoms with Crippen molar-refractivity contribution in [3.05, 3.63) is 22.9 Å². The van der Waals surface area contributed by atoms with Crippen LogP contribution in [0.1, 0.15) is 12.8 Å². The standard InChI is InChI=1S/C8H12N2O/c1-9-4-5-10(8(9)11)6-7-2-3-7/h4-5,7H,2-3,6H2,1H3. The van der Waals surface area contributed by atoms with Gasteiger partial charge in [0.05, 0.1) is 0 Å². The molecule has 0 bridgehead atoms. The van der Waals surface area contributed by atoms with Crippen LogP contribution in [-0.4, -0.2) is 9.13 Å². The van der Waals surface area contributed by atoms with Gasteiger partial charge in [0.2, 0.25) is 0 Å². The van der Waals surface area contributed by atoms with E-state index in [1.54, 1.807) is 16.2 Å². The van der Waals surface area contributed by atoms with Crippen molar-refractivity contribution in [2.45, 2.75) is 19.4 Å². The van der Waals surface area contributed by atoms with E-state index in [0.717, 1.165) is 12.5 Å². The van der Waals surface area contributed by atoms with Crippen LogP contribution in [0.25, 0.3) is 0 Å². The monoisotopic (exact) mass is 152 g/mol. The normalized spacial score (nSPS) is 17.2. The van der Waals surface area contributed by atoms with Gasteiger partial charge in [0.1, 0.15) is 0 Å². The summed E-state index contributed by atoms with van der Waals surface area (Å²) in [6.45, 7) is 0.916. The summed E-state index contributed by atoms with van der Waals surface area (Å²) in [6, 6.07) is 0. The molecule has 0 aromatic carbocycles. The van der Waals surface area contributed by atoms with Gasteiger partial charge in [-0.2, -0.15) is 0 Å². The van der Waals surface area contributed by atoms with Gasteiger partial charge in [-0.3, -0.25) is 4.57 Å². The molecule has 1 aromatic heterocycles. The van der Waals surface area contributed by atoms with Gasteiger partial charge in [-0.1, -0.05) is 0 Å². The van der Waals surface area contributed by atoms with E-state index in [9.17, 15) is 4.79 Å². The van der Waals surface area contributed by atoms with Gasteiger partial charge in [0.25, 0.3) is 0 Å². The maximum atomic E-state index is 11.3. The predicted molar refractivity (Wildman–Crippen MR) is 42.4 cm³/mol. The summed E-state index contributed by atoms with van der Waals surface area (Å²) in [7, 11) is 1.78. The van der Waals surface area contributed by atoms with Crippen molar-refractivity contribution < 1.29 is 0 Å². The molecule has 0 amide bonds. The third-order valence-electron chi connectivity index (χ3n) is 2.17. The molecule has 60 valence electrons. The summed E-state index contributed by atoms with van der Waals surface area (Å²) in [5, 5.41) is 0. The molecule has 2 rings (SSSR count). The van der Waals surface area contributed by atoms with Gasteiger partial charge in [-0.05, 0) is 18.8 Å². The third kappa shape index (κ3) is 1.23. The Balaban J connectivity index is 2.22. The van der Waals surface area contributed by atoms with Crippen LogP contribution < -0.4 is 5.69 Å². The highest BCUT2D eigenvalue weighted by molar-refractivity contribution is 4.83. The zero-order chi connectivity index (χ0) is 7.84. The topological polar surface area (TPSA) is 26.9 Å². The van der Waals surface area contributed by atoms with Crippen LogP contribution in [0.5, 0.6) is 0 Å². The fourth-order valence-electron chi connectivity index (χ4n) is 1.23. The lowest BCUT2D eigenvalue weighted by molar-refractivity contribution is 0.595. The largest absolute Gasteiger partial charge is 0.327 e. The molecular formula is C8H12N2O. The Morgan fingerprint density at radius 1 is 1.55 bits per heavy atom. The van der Waals surface area contributed by atoms with E-state index in [2.05, 4.69) is 0 Å². The Bertz CT molecular complexity index is 306. The van der Waals surface area contributed by atoms with Crippen molar-refractivity contribution in [1.82, 2.24) is 9.13 Å². The first kappa shape index (κ1) is 6.70. The number of imidazole rings is 1. The average molecular weight is 152 g/mol. The molecule has 0 radical (unpaired) electrons. The van der Waals surface area contributed by atoms with Crippen molar-refractivity contribution in [3.63, 3.8) is 0 Å². The van der Waals surface area contributed by atoms with E-state index in [4.69, 9.17) is 0 Å². The molecular weight excluding hydrogens is 140 g/mol. The summed E-state index contributed by atoms with van der Waals surface area (Å²) in [4.78, 5) is 11.3. The molecule has 0 N–H and O–H groups in total. The van der Waals surface area contributed by atoms with Crippen LogP contribution in [0.4, 0.5) is 0 Å². The van der Waals surface area contributed by atoms with E-state index in [-0.39, 0.29) is 5.69 Å². The first-order chi connectivity index (χ1) is 5.27. The molecule has 11 heavy (non-hydrogen) atoms. The summed E-state index contributed by atoms with van der Waals surface area (Å²) >= 11 is 0. The Morgan fingerprint density at radius 2 is 2.27 bits per heavy atom. The minimum absolute atomic E-state index is 0.108. The summed E-state index contributed by atoms with van der Waals surface area (Å²) in [5.41, 5.74) is 0.108. The number of aromatic nitrogens is 2. The van der Waals surface area contributed by atoms with E-state index < -0.39 is 0 Å². The smallest absolute Gasteiger partial charge is 0.302 e. The Morgan fingerprint density at radius 3 is 2.73 bits per heavy atom. The highest BCUT2D eigenvalue weighted by Crippen LogP contribution is 2.29. The highest BCUT2D eigenvalue weighted by atomic mass is 16.1. The molecule has 1 saturated carbocycles. The highest BCUT2D eigenvalue weighted by Gasteiger charge is 2.22. The SMILES string of the molecule is Cn1ccn(CC2CC2)c1=O. The first-order valence-corrected chi connectivity index (χ1v) is 3.99. The fraction of sp³-hybridized carbons (Fsp3) is 0.625. The summed E-state index contributed by atoms with van der Waals surface area (Å²) < 4.78 is 3.40. The fourth-order valence-corrected chi connectivity index (χ4v) is 1.23. The molecule has 1 fully saturated rings. The van der Waals surface area contributed by atoms with Gasteiger partial charge in [-0.25, -0.2) is 4.79 Å². The molecule has 0 spiro atoms. The Kier molecular flexibility index (Phi) is 1.37. The lowest BCUT2D eigenvalue weighted by Crippen LogP contribution is -2.22. The van der Waals surface area contributed by atoms with Crippen molar-refractivity contribution in [3.8, 4) is 0 Å². The van der Waals surface area contributed by atoms with E-state index in [1.807, 2.05) is 12.4 Å². The molecule has 0 saturated heterocycles. The van der Waals surface area contributed by atoms with Gasteiger partial charge >= 0.3 is 5.69 Å². The van der Waals surface area contributed by atoms with Gasteiger partial charge < -0.3 is 4.57 Å². The van der Waals surface area contributed by atoms with Crippen molar-refractivity contribution in [1.29, 1.82) is 0 Å². The lowest BCUT2D eigenvalue weighted by Gasteiger charge is -1.95. The van der Waals surface area contributed by atoms with Crippen molar-refractivity contribution in [2.75, 3.05) is 0 Å². The van der Waals surface area contributed by atoms with Crippen LogP contribution in [-0.2, 0) is 13.6 Å². The molecule has 0 unspecified atom stereocenters. The van der Waals surface area contributed by atoms with Crippen LogP contribution in [0, 0.1) is 5.92 Å². The first-order valence-electron chi connectivity index (χ1n) is 3.99. The second-order valence-electron chi connectivity index (χ2n) is 3.29. The summed E-state index contributed by atoms with van der Waals surface area (Å²) in [5.74, 6) is 0.773. The zero-order valence-corrected chi connectivity index (χ0v) is 6.66. The third-order valence-corrected chi connectivity index (χ3v) is 2.17. The van der Waals surface area contributed by atoms with Crippen LogP contribution in [0.2, 0.25) is 0 Å². The van der Waals surface area contributed by atoms with Gasteiger partial charge in [0.15, 0.2) is 0 Å². The number of nitrogens with zero attached hydrogens (tertiary/aromatic N) is 2. The number of hydrogen-bond acceptors (Lipinski definition) is 1. The Labute approximate surface area is 65.3 Å². The van der Waals surface area contributed by atoms with Crippen LogP contribution in [0.15, 0.2) is 17.2 Å². The van der Waals surface area contributed by atoms with Gasteiger partial charge in [0, 0.05) is 26.0 Å². The van der Waals surface area contributed by atoms with Gasteiger partial charge in [-0.15, -0.1) is 0 Å². The molecule has 1 heterocycles. The molecule has 0 aliphatic heterocycles. The maximum Gasteiger partial charge on any atom is 0.327 e. The minimum Gasteiger partial charge on any atom is -0.302 e. The van der Waals surface area contributed by atoms with Crippen LogP contribution >= 0.6 is 0 Å². The van der Waals surface area contributed by atoms with E-state index in [0.29, 0.717) is 0 Å². The number of aryl methyl sites for hydroxylation is 1. The zero-order valence-electron chi connectivity index (χ0n) is 6.66. The Hall–Kier alpha value is -0.990. The molecule has 3 heteroatoms. The van der Waals surface area contributed by atoms with Crippen LogP contribution in [0.3, 0.4) is 0 Å². The maximum absolute atomic E-state index is 11.3. The molecule has 1 aliphatic rings. The van der Waals surface area contributed by atoms with Crippen molar-refractivity contribution in [2.24, 2.45) is 13.0 Å². The number of hydrogen-bond donors (Lipinski definition) is 0. The average Bonchev–Trinajstić information content (AvgIpc) is 2.74.